The van der Waals surface area contributed by atoms with Crippen LogP contribution in [0.2, 0.25) is 0 Å². The number of carbonyl (C=O) groups is 1. The number of carbonyl (C=O) groups excluding carboxylic acids is 1. The summed E-state index contributed by atoms with van der Waals surface area (Å²) in [5.41, 5.74) is 1.87. The largest absolute Gasteiger partial charge is 0.368 e. The maximum atomic E-state index is 12.3. The van der Waals surface area contributed by atoms with Gasteiger partial charge >= 0.3 is 0 Å². The first kappa shape index (κ1) is 17.9. The third kappa shape index (κ3) is 5.05. The van der Waals surface area contributed by atoms with Crippen molar-refractivity contribution in [3.63, 3.8) is 0 Å². The average molecular weight is 326 g/mol. The molecule has 2 aromatic rings. The molecule has 0 bridgehead atoms. The molecule has 0 spiro atoms. The molecule has 0 radical (unpaired) electrons. The van der Waals surface area contributed by atoms with E-state index < -0.39 is 0 Å². The van der Waals surface area contributed by atoms with Gasteiger partial charge in [0, 0.05) is 12.1 Å². The summed E-state index contributed by atoms with van der Waals surface area (Å²) >= 11 is 0. The van der Waals surface area contributed by atoms with E-state index in [-0.39, 0.29) is 11.3 Å². The van der Waals surface area contributed by atoms with Crippen LogP contribution in [0.25, 0.3) is 0 Å². The Morgan fingerprint density at radius 1 is 1.00 bits per heavy atom. The van der Waals surface area contributed by atoms with Crippen LogP contribution < -0.4 is 10.6 Å². The van der Waals surface area contributed by atoms with E-state index in [0.29, 0.717) is 23.1 Å². The molecule has 0 saturated carbocycles. The molecular formula is C19H26N4O. The van der Waals surface area contributed by atoms with E-state index in [1.54, 1.807) is 6.07 Å². The molecule has 2 rings (SSSR count). The Bertz CT molecular complexity index is 670. The SMILES string of the molecule is CC(C)CNc1ccc(NC(=O)c2ccc(C(C)(C)C)cc2)nn1. The number of aromatic nitrogens is 2. The van der Waals surface area contributed by atoms with Crippen LogP contribution in [0.5, 0.6) is 0 Å². The Hall–Kier alpha value is -2.43. The van der Waals surface area contributed by atoms with E-state index in [1.807, 2.05) is 30.3 Å². The Morgan fingerprint density at radius 2 is 1.58 bits per heavy atom. The summed E-state index contributed by atoms with van der Waals surface area (Å²) in [5, 5.41) is 14.1. The number of anilines is 2. The molecule has 2 N–H and O–H groups in total. The van der Waals surface area contributed by atoms with Crippen molar-refractivity contribution in [1.82, 2.24) is 10.2 Å². The number of nitrogens with zero attached hydrogens (tertiary/aromatic N) is 2. The van der Waals surface area contributed by atoms with Crippen molar-refractivity contribution in [2.24, 2.45) is 5.92 Å². The second kappa shape index (κ2) is 7.43. The first-order valence-electron chi connectivity index (χ1n) is 8.25. The van der Waals surface area contributed by atoms with Gasteiger partial charge in [-0.3, -0.25) is 4.79 Å². The summed E-state index contributed by atoms with van der Waals surface area (Å²) in [6.45, 7) is 11.5. The van der Waals surface area contributed by atoms with Gasteiger partial charge in [0.25, 0.3) is 5.91 Å². The second-order valence-corrected chi connectivity index (χ2v) is 7.36. The van der Waals surface area contributed by atoms with Gasteiger partial charge in [-0.2, -0.15) is 0 Å². The molecule has 24 heavy (non-hydrogen) atoms. The van der Waals surface area contributed by atoms with Crippen molar-refractivity contribution >= 4 is 17.5 Å². The van der Waals surface area contributed by atoms with Crippen LogP contribution in [0.3, 0.4) is 0 Å². The maximum Gasteiger partial charge on any atom is 0.256 e. The van der Waals surface area contributed by atoms with Crippen molar-refractivity contribution in [3.8, 4) is 0 Å². The lowest BCUT2D eigenvalue weighted by molar-refractivity contribution is 0.102. The predicted molar refractivity (Wildman–Crippen MR) is 98.5 cm³/mol. The van der Waals surface area contributed by atoms with Crippen molar-refractivity contribution in [1.29, 1.82) is 0 Å². The third-order valence-corrected chi connectivity index (χ3v) is 3.61. The van der Waals surface area contributed by atoms with Crippen LogP contribution in [-0.2, 0) is 5.41 Å². The number of hydrogen-bond acceptors (Lipinski definition) is 4. The Kier molecular flexibility index (Phi) is 5.54. The van der Waals surface area contributed by atoms with E-state index in [1.165, 1.54) is 5.56 Å². The van der Waals surface area contributed by atoms with Crippen LogP contribution >= 0.6 is 0 Å². The molecule has 128 valence electrons. The highest BCUT2D eigenvalue weighted by Crippen LogP contribution is 2.22. The number of benzene rings is 1. The summed E-state index contributed by atoms with van der Waals surface area (Å²) in [6.07, 6.45) is 0. The van der Waals surface area contributed by atoms with Gasteiger partial charge in [0.2, 0.25) is 0 Å². The van der Waals surface area contributed by atoms with Crippen molar-refractivity contribution < 1.29 is 4.79 Å². The zero-order valence-electron chi connectivity index (χ0n) is 15.1. The summed E-state index contributed by atoms with van der Waals surface area (Å²) < 4.78 is 0. The standard InChI is InChI=1S/C19H26N4O/c1-13(2)12-20-16-10-11-17(23-22-16)21-18(24)14-6-8-15(9-7-14)19(3,4)5/h6-11,13H,12H2,1-5H3,(H,20,22)(H,21,23,24). The fourth-order valence-electron chi connectivity index (χ4n) is 2.11. The molecule has 0 aliphatic carbocycles. The molecule has 5 heteroatoms. The molecule has 0 unspecified atom stereocenters. The zero-order valence-corrected chi connectivity index (χ0v) is 15.1. The lowest BCUT2D eigenvalue weighted by Crippen LogP contribution is -2.15. The van der Waals surface area contributed by atoms with Gasteiger partial charge in [0.05, 0.1) is 0 Å². The van der Waals surface area contributed by atoms with E-state index >= 15 is 0 Å². The first-order valence-corrected chi connectivity index (χ1v) is 8.25. The smallest absolute Gasteiger partial charge is 0.256 e. The molecule has 0 atom stereocenters. The molecule has 0 aliphatic heterocycles. The van der Waals surface area contributed by atoms with Crippen LogP contribution in [0.1, 0.15) is 50.5 Å². The number of hydrogen-bond donors (Lipinski definition) is 2. The summed E-state index contributed by atoms with van der Waals surface area (Å²) in [6, 6.07) is 11.2. The molecular weight excluding hydrogens is 300 g/mol. The van der Waals surface area contributed by atoms with E-state index in [0.717, 1.165) is 6.54 Å². The van der Waals surface area contributed by atoms with Crippen LogP contribution in [-0.4, -0.2) is 22.6 Å². The fourth-order valence-corrected chi connectivity index (χ4v) is 2.11. The Labute approximate surface area is 143 Å². The van der Waals surface area contributed by atoms with Gasteiger partial charge in [-0.15, -0.1) is 10.2 Å². The summed E-state index contributed by atoms with van der Waals surface area (Å²) in [5.74, 6) is 1.49. The Balaban J connectivity index is 1.99. The first-order chi connectivity index (χ1) is 11.3. The van der Waals surface area contributed by atoms with Crippen LogP contribution in [0, 0.1) is 5.92 Å². The highest BCUT2D eigenvalue weighted by Gasteiger charge is 2.14. The lowest BCUT2D eigenvalue weighted by Gasteiger charge is -2.19. The fraction of sp³-hybridized carbons (Fsp3) is 0.421. The quantitative estimate of drug-likeness (QED) is 0.868. The minimum absolute atomic E-state index is 0.0687. The second-order valence-electron chi connectivity index (χ2n) is 7.36. The molecule has 1 amide bonds. The molecule has 0 saturated heterocycles. The van der Waals surface area contributed by atoms with Gasteiger partial charge in [0.15, 0.2) is 5.82 Å². The van der Waals surface area contributed by atoms with Gasteiger partial charge in [-0.25, -0.2) is 0 Å². The average Bonchev–Trinajstić information content (AvgIpc) is 2.53. The number of rotatable bonds is 5. The van der Waals surface area contributed by atoms with Crippen molar-refractivity contribution in [2.45, 2.75) is 40.0 Å². The van der Waals surface area contributed by atoms with Crippen molar-refractivity contribution in [3.05, 3.63) is 47.5 Å². The molecule has 0 fully saturated rings. The minimum Gasteiger partial charge on any atom is -0.368 e. The van der Waals surface area contributed by atoms with Crippen molar-refractivity contribution in [2.75, 3.05) is 17.2 Å². The van der Waals surface area contributed by atoms with Crippen LogP contribution in [0.15, 0.2) is 36.4 Å². The highest BCUT2D eigenvalue weighted by molar-refractivity contribution is 6.03. The normalized spacial score (nSPS) is 11.4. The molecule has 1 aromatic carbocycles. The van der Waals surface area contributed by atoms with Gasteiger partial charge < -0.3 is 10.6 Å². The van der Waals surface area contributed by atoms with E-state index in [9.17, 15) is 4.79 Å². The van der Waals surface area contributed by atoms with Gasteiger partial charge in [-0.1, -0.05) is 46.8 Å². The third-order valence-electron chi connectivity index (χ3n) is 3.61. The topological polar surface area (TPSA) is 66.9 Å². The summed E-state index contributed by atoms with van der Waals surface area (Å²) in [4.78, 5) is 12.3. The number of nitrogens with one attached hydrogen (secondary N) is 2. The van der Waals surface area contributed by atoms with E-state index in [2.05, 4.69) is 55.4 Å². The molecule has 0 aliphatic rings. The summed E-state index contributed by atoms with van der Waals surface area (Å²) in [7, 11) is 0. The maximum absolute atomic E-state index is 12.3. The van der Waals surface area contributed by atoms with Crippen LogP contribution in [0.4, 0.5) is 11.6 Å². The number of amides is 1. The predicted octanol–water partition coefficient (Wildman–Crippen LogP) is 4.09. The van der Waals surface area contributed by atoms with E-state index in [4.69, 9.17) is 0 Å². The van der Waals surface area contributed by atoms with Gasteiger partial charge in [-0.05, 0) is 41.2 Å². The highest BCUT2D eigenvalue weighted by atomic mass is 16.1. The molecule has 1 heterocycles. The monoisotopic (exact) mass is 326 g/mol. The zero-order chi connectivity index (χ0) is 17.7. The molecule has 1 aromatic heterocycles. The molecule has 5 nitrogen and oxygen atoms in total. The Morgan fingerprint density at radius 3 is 2.08 bits per heavy atom. The van der Waals surface area contributed by atoms with Gasteiger partial charge in [0.1, 0.15) is 5.82 Å². The lowest BCUT2D eigenvalue weighted by atomic mass is 9.87. The minimum atomic E-state index is -0.187.